The lowest BCUT2D eigenvalue weighted by molar-refractivity contribution is 0.0924. The molecule has 0 unspecified atom stereocenters. The Hall–Kier alpha value is -3.00. The van der Waals surface area contributed by atoms with Gasteiger partial charge in [0.2, 0.25) is 0 Å². The largest absolute Gasteiger partial charge is 0.284 e. The first kappa shape index (κ1) is 12.1. The van der Waals surface area contributed by atoms with Crippen molar-refractivity contribution >= 4 is 17.5 Å². The molecule has 1 aromatic heterocycles. The number of carbonyl (C=O) groups is 2. The summed E-state index contributed by atoms with van der Waals surface area (Å²) in [6.45, 7) is 0. The van der Waals surface area contributed by atoms with Gasteiger partial charge in [0.15, 0.2) is 0 Å². The van der Waals surface area contributed by atoms with E-state index in [-0.39, 0.29) is 11.6 Å². The summed E-state index contributed by atoms with van der Waals surface area (Å²) in [5.41, 5.74) is 1.82. The molecule has 0 aliphatic carbocycles. The molecule has 20 heavy (non-hydrogen) atoms. The number of hydrogen-bond acceptors (Lipinski definition) is 4. The first-order valence-electron chi connectivity index (χ1n) is 6.02. The van der Waals surface area contributed by atoms with Gasteiger partial charge in [0.1, 0.15) is 5.69 Å². The van der Waals surface area contributed by atoms with Gasteiger partial charge in [-0.2, -0.15) is 5.26 Å². The van der Waals surface area contributed by atoms with Gasteiger partial charge in [-0.25, -0.2) is 4.90 Å². The number of imide groups is 1. The second-order valence-electron chi connectivity index (χ2n) is 4.35. The molecule has 0 saturated carbocycles. The van der Waals surface area contributed by atoms with Crippen LogP contribution in [0, 0.1) is 11.3 Å². The number of benzene rings is 1. The number of fused-ring (bicyclic) bond motifs is 1. The van der Waals surface area contributed by atoms with Gasteiger partial charge in [-0.1, -0.05) is 12.1 Å². The molecule has 5 heteroatoms. The van der Waals surface area contributed by atoms with E-state index in [0.29, 0.717) is 17.7 Å². The van der Waals surface area contributed by atoms with Crippen molar-refractivity contribution < 1.29 is 9.59 Å². The molecule has 1 aliphatic rings. The summed E-state index contributed by atoms with van der Waals surface area (Å²) in [6, 6.07) is 12.1. The van der Waals surface area contributed by atoms with E-state index in [1.165, 1.54) is 6.20 Å². The molecule has 0 N–H and O–H groups in total. The average Bonchev–Trinajstić information content (AvgIpc) is 2.73. The monoisotopic (exact) mass is 263 g/mol. The summed E-state index contributed by atoms with van der Waals surface area (Å²) in [4.78, 5) is 29.5. The topological polar surface area (TPSA) is 74.1 Å². The molecule has 2 amide bonds. The van der Waals surface area contributed by atoms with Crippen LogP contribution in [0.1, 0.15) is 26.4 Å². The van der Waals surface area contributed by atoms with Gasteiger partial charge >= 0.3 is 0 Å². The standard InChI is InChI=1S/C15H9N3O2/c16-8-7-10-3-5-11(6-4-10)18-14(19)12-2-1-9-17-13(12)15(18)20/h1-6,9H,7H2. The Balaban J connectivity index is 1.99. The molecular formula is C15H9N3O2. The van der Waals surface area contributed by atoms with Crippen molar-refractivity contribution in [2.45, 2.75) is 6.42 Å². The summed E-state index contributed by atoms with van der Waals surface area (Å²) in [6.07, 6.45) is 1.79. The molecule has 2 aromatic rings. The molecule has 0 saturated heterocycles. The Kier molecular flexibility index (Phi) is 2.77. The first-order valence-corrected chi connectivity index (χ1v) is 6.02. The van der Waals surface area contributed by atoms with E-state index < -0.39 is 5.91 Å². The summed E-state index contributed by atoms with van der Waals surface area (Å²) in [5, 5.41) is 8.63. The first-order chi connectivity index (χ1) is 9.72. The normalized spacial score (nSPS) is 13.2. The average molecular weight is 263 g/mol. The number of pyridine rings is 1. The maximum atomic E-state index is 12.2. The maximum Gasteiger partial charge on any atom is 0.284 e. The van der Waals surface area contributed by atoms with E-state index in [4.69, 9.17) is 5.26 Å². The predicted octanol–water partition coefficient (Wildman–Crippen LogP) is 1.95. The minimum Gasteiger partial charge on any atom is -0.268 e. The highest BCUT2D eigenvalue weighted by Gasteiger charge is 2.37. The van der Waals surface area contributed by atoms with E-state index in [1.807, 2.05) is 6.07 Å². The molecular weight excluding hydrogens is 254 g/mol. The number of hydrogen-bond donors (Lipinski definition) is 0. The molecule has 5 nitrogen and oxygen atoms in total. The summed E-state index contributed by atoms with van der Waals surface area (Å²) < 4.78 is 0. The molecule has 2 heterocycles. The van der Waals surface area contributed by atoms with E-state index in [9.17, 15) is 9.59 Å². The zero-order valence-electron chi connectivity index (χ0n) is 10.4. The fourth-order valence-electron chi connectivity index (χ4n) is 2.16. The maximum absolute atomic E-state index is 12.2. The molecule has 0 fully saturated rings. The van der Waals surface area contributed by atoms with Gasteiger partial charge in [0.25, 0.3) is 11.8 Å². The third kappa shape index (κ3) is 1.75. The van der Waals surface area contributed by atoms with Crippen LogP contribution in [-0.2, 0) is 6.42 Å². The molecule has 3 rings (SSSR count). The van der Waals surface area contributed by atoms with E-state index in [2.05, 4.69) is 4.98 Å². The van der Waals surface area contributed by atoms with Crippen molar-refractivity contribution in [3.05, 3.63) is 59.4 Å². The Bertz CT molecular complexity index is 709. The molecule has 96 valence electrons. The summed E-state index contributed by atoms with van der Waals surface area (Å²) >= 11 is 0. The predicted molar refractivity (Wildman–Crippen MR) is 71.1 cm³/mol. The van der Waals surface area contributed by atoms with Crippen LogP contribution in [0.3, 0.4) is 0 Å². The Labute approximate surface area is 115 Å². The van der Waals surface area contributed by atoms with Crippen LogP contribution >= 0.6 is 0 Å². The van der Waals surface area contributed by atoms with Crippen molar-refractivity contribution in [1.29, 1.82) is 5.26 Å². The van der Waals surface area contributed by atoms with Crippen molar-refractivity contribution in [2.75, 3.05) is 4.90 Å². The van der Waals surface area contributed by atoms with Gasteiger partial charge in [-0.3, -0.25) is 14.6 Å². The minimum absolute atomic E-state index is 0.179. The fourth-order valence-corrected chi connectivity index (χ4v) is 2.16. The minimum atomic E-state index is -0.418. The summed E-state index contributed by atoms with van der Waals surface area (Å²) in [5.74, 6) is -0.787. The highest BCUT2D eigenvalue weighted by Crippen LogP contribution is 2.27. The van der Waals surface area contributed by atoms with Gasteiger partial charge in [-0.05, 0) is 29.8 Å². The van der Waals surface area contributed by atoms with Crippen LogP contribution < -0.4 is 4.90 Å². The molecule has 0 bridgehead atoms. The summed E-state index contributed by atoms with van der Waals surface area (Å²) in [7, 11) is 0. The molecule has 1 aliphatic heterocycles. The molecule has 0 atom stereocenters. The second-order valence-corrected chi connectivity index (χ2v) is 4.35. The van der Waals surface area contributed by atoms with Crippen LogP contribution in [0.25, 0.3) is 0 Å². The van der Waals surface area contributed by atoms with Crippen LogP contribution in [0.5, 0.6) is 0 Å². The van der Waals surface area contributed by atoms with Gasteiger partial charge < -0.3 is 0 Å². The fraction of sp³-hybridized carbons (Fsp3) is 0.0667. The van der Waals surface area contributed by atoms with Gasteiger partial charge in [0.05, 0.1) is 23.7 Å². The van der Waals surface area contributed by atoms with Crippen molar-refractivity contribution in [3.8, 4) is 6.07 Å². The third-order valence-electron chi connectivity index (χ3n) is 3.12. The SMILES string of the molecule is N#CCc1ccc(N2C(=O)c3cccnc3C2=O)cc1. The van der Waals surface area contributed by atoms with Crippen LogP contribution in [0.2, 0.25) is 0 Å². The molecule has 0 spiro atoms. The number of nitriles is 1. The highest BCUT2D eigenvalue weighted by atomic mass is 16.2. The number of amides is 2. The van der Waals surface area contributed by atoms with Crippen LogP contribution in [0.4, 0.5) is 5.69 Å². The quantitative estimate of drug-likeness (QED) is 0.776. The highest BCUT2D eigenvalue weighted by molar-refractivity contribution is 6.33. The van der Waals surface area contributed by atoms with Crippen molar-refractivity contribution in [1.82, 2.24) is 4.98 Å². The van der Waals surface area contributed by atoms with Crippen molar-refractivity contribution in [2.24, 2.45) is 0 Å². The second kappa shape index (κ2) is 4.59. The Morgan fingerprint density at radius 3 is 2.50 bits per heavy atom. The Morgan fingerprint density at radius 1 is 1.10 bits per heavy atom. The number of rotatable bonds is 2. The zero-order chi connectivity index (χ0) is 14.1. The van der Waals surface area contributed by atoms with Crippen LogP contribution in [0.15, 0.2) is 42.6 Å². The van der Waals surface area contributed by atoms with Crippen LogP contribution in [-0.4, -0.2) is 16.8 Å². The van der Waals surface area contributed by atoms with Crippen molar-refractivity contribution in [3.63, 3.8) is 0 Å². The van der Waals surface area contributed by atoms with E-state index >= 15 is 0 Å². The third-order valence-corrected chi connectivity index (χ3v) is 3.12. The van der Waals surface area contributed by atoms with Gasteiger partial charge in [0, 0.05) is 6.20 Å². The number of carbonyl (C=O) groups excluding carboxylic acids is 2. The van der Waals surface area contributed by atoms with E-state index in [0.717, 1.165) is 10.5 Å². The lowest BCUT2D eigenvalue weighted by Crippen LogP contribution is -2.29. The lowest BCUT2D eigenvalue weighted by atomic mass is 10.1. The van der Waals surface area contributed by atoms with E-state index in [1.54, 1.807) is 36.4 Å². The van der Waals surface area contributed by atoms with Gasteiger partial charge in [-0.15, -0.1) is 0 Å². The number of anilines is 1. The molecule has 0 radical (unpaired) electrons. The number of nitrogens with zero attached hydrogens (tertiary/aromatic N) is 3. The Morgan fingerprint density at radius 2 is 1.85 bits per heavy atom. The lowest BCUT2D eigenvalue weighted by Gasteiger charge is -2.13. The number of aromatic nitrogens is 1. The smallest absolute Gasteiger partial charge is 0.268 e. The zero-order valence-corrected chi connectivity index (χ0v) is 10.4. The molecule has 1 aromatic carbocycles.